The highest BCUT2D eigenvalue weighted by Gasteiger charge is 2.30. The van der Waals surface area contributed by atoms with Crippen LogP contribution in [-0.2, 0) is 12.7 Å². The van der Waals surface area contributed by atoms with E-state index in [4.69, 9.17) is 0 Å². The van der Waals surface area contributed by atoms with Crippen LogP contribution in [0.15, 0.2) is 60.8 Å². The molecule has 1 amide bonds. The molecule has 26 heavy (non-hydrogen) atoms. The van der Waals surface area contributed by atoms with Crippen LogP contribution in [0.25, 0.3) is 0 Å². The van der Waals surface area contributed by atoms with Crippen molar-refractivity contribution in [3.05, 3.63) is 83.2 Å². The zero-order valence-electron chi connectivity index (χ0n) is 13.9. The minimum Gasteiger partial charge on any atom is -0.322 e. The Morgan fingerprint density at radius 2 is 1.69 bits per heavy atom. The number of nitrogens with one attached hydrogen (secondary N) is 1. The van der Waals surface area contributed by atoms with Crippen LogP contribution in [0.1, 0.15) is 27.2 Å². The predicted molar refractivity (Wildman–Crippen MR) is 91.9 cm³/mol. The van der Waals surface area contributed by atoms with Crippen molar-refractivity contribution in [1.82, 2.24) is 9.78 Å². The van der Waals surface area contributed by atoms with Crippen molar-refractivity contribution in [3.63, 3.8) is 0 Å². The van der Waals surface area contributed by atoms with Gasteiger partial charge in [0.1, 0.15) is 0 Å². The van der Waals surface area contributed by atoms with E-state index in [-0.39, 0.29) is 5.56 Å². The first-order valence-corrected chi connectivity index (χ1v) is 7.89. The predicted octanol–water partition coefficient (Wildman–Crippen LogP) is 4.51. The summed E-state index contributed by atoms with van der Waals surface area (Å²) in [5.41, 5.74) is 2.01. The number of alkyl halides is 3. The van der Waals surface area contributed by atoms with Crippen molar-refractivity contribution >= 4 is 11.6 Å². The first kappa shape index (κ1) is 17.7. The van der Waals surface area contributed by atoms with E-state index >= 15 is 0 Å². The molecule has 7 heteroatoms. The van der Waals surface area contributed by atoms with Crippen LogP contribution in [0, 0.1) is 6.92 Å². The summed E-state index contributed by atoms with van der Waals surface area (Å²) in [5.74, 6) is -0.464. The lowest BCUT2D eigenvalue weighted by Gasteiger charge is -2.09. The van der Waals surface area contributed by atoms with Crippen LogP contribution < -0.4 is 5.32 Å². The quantitative estimate of drug-likeness (QED) is 0.745. The number of carbonyl (C=O) groups is 1. The molecule has 2 aromatic carbocycles. The number of nitrogens with zero attached hydrogens (tertiary/aromatic N) is 2. The molecule has 3 rings (SSSR count). The minimum absolute atomic E-state index is 0.161. The van der Waals surface area contributed by atoms with Gasteiger partial charge in [-0.25, -0.2) is 0 Å². The number of hydrogen-bond acceptors (Lipinski definition) is 2. The first-order chi connectivity index (χ1) is 12.3. The zero-order chi connectivity index (χ0) is 18.7. The fraction of sp³-hybridized carbons (Fsp3) is 0.158. The van der Waals surface area contributed by atoms with Crippen molar-refractivity contribution in [2.45, 2.75) is 19.6 Å². The third-order valence-corrected chi connectivity index (χ3v) is 3.95. The third kappa shape index (κ3) is 4.11. The Kier molecular flexibility index (Phi) is 4.79. The largest absolute Gasteiger partial charge is 0.416 e. The number of halogens is 3. The maximum absolute atomic E-state index is 12.6. The molecule has 0 aliphatic carbocycles. The van der Waals surface area contributed by atoms with Gasteiger partial charge in [0.2, 0.25) is 0 Å². The highest BCUT2D eigenvalue weighted by Crippen LogP contribution is 2.29. The van der Waals surface area contributed by atoms with Crippen LogP contribution in [0.2, 0.25) is 0 Å². The molecule has 0 spiro atoms. The number of anilines is 1. The number of hydrogen-bond donors (Lipinski definition) is 1. The Morgan fingerprint density at radius 3 is 2.23 bits per heavy atom. The molecule has 1 heterocycles. The van der Waals surface area contributed by atoms with Crippen molar-refractivity contribution in [2.24, 2.45) is 0 Å². The number of amides is 1. The van der Waals surface area contributed by atoms with E-state index in [0.29, 0.717) is 12.2 Å². The van der Waals surface area contributed by atoms with Crippen molar-refractivity contribution in [3.8, 4) is 0 Å². The molecule has 0 saturated carbocycles. The topological polar surface area (TPSA) is 46.9 Å². The van der Waals surface area contributed by atoms with Crippen LogP contribution in [0.3, 0.4) is 0 Å². The fourth-order valence-electron chi connectivity index (χ4n) is 2.44. The Morgan fingerprint density at radius 1 is 1.04 bits per heavy atom. The van der Waals surface area contributed by atoms with E-state index in [2.05, 4.69) is 10.4 Å². The Hall–Kier alpha value is -3.09. The summed E-state index contributed by atoms with van der Waals surface area (Å²) in [6, 6.07) is 13.2. The lowest BCUT2D eigenvalue weighted by Crippen LogP contribution is -2.13. The van der Waals surface area contributed by atoms with Gasteiger partial charge in [-0.2, -0.15) is 18.3 Å². The summed E-state index contributed by atoms with van der Waals surface area (Å²) >= 11 is 0. The standard InChI is InChI=1S/C19H16F3N3O/c1-13-10-11-23-25(13)12-14-2-8-17(9-3-14)24-18(26)15-4-6-16(7-5-15)19(20,21)22/h2-11H,12H2,1H3,(H,24,26). The summed E-state index contributed by atoms with van der Waals surface area (Å²) in [5, 5.41) is 6.88. The normalized spacial score (nSPS) is 11.4. The second kappa shape index (κ2) is 7.03. The Labute approximate surface area is 148 Å². The second-order valence-electron chi connectivity index (χ2n) is 5.86. The van der Waals surface area contributed by atoms with Crippen molar-refractivity contribution < 1.29 is 18.0 Å². The van der Waals surface area contributed by atoms with E-state index in [1.165, 1.54) is 0 Å². The molecule has 0 aliphatic rings. The molecule has 0 unspecified atom stereocenters. The summed E-state index contributed by atoms with van der Waals surface area (Å²) < 4.78 is 39.5. The molecular formula is C19H16F3N3O. The van der Waals surface area contributed by atoms with E-state index in [1.807, 2.05) is 29.8 Å². The molecule has 3 aromatic rings. The molecule has 0 atom stereocenters. The minimum atomic E-state index is -4.42. The van der Waals surface area contributed by atoms with Crippen molar-refractivity contribution in [2.75, 3.05) is 5.32 Å². The Bertz CT molecular complexity index is 897. The summed E-state index contributed by atoms with van der Waals surface area (Å²) in [4.78, 5) is 12.2. The van der Waals surface area contributed by atoms with Crippen molar-refractivity contribution in [1.29, 1.82) is 0 Å². The van der Waals surface area contributed by atoms with Gasteiger partial charge in [0.05, 0.1) is 12.1 Å². The van der Waals surface area contributed by atoms with Crippen LogP contribution in [0.4, 0.5) is 18.9 Å². The van der Waals surface area contributed by atoms with Crippen LogP contribution >= 0.6 is 0 Å². The van der Waals surface area contributed by atoms with Crippen LogP contribution in [0.5, 0.6) is 0 Å². The highest BCUT2D eigenvalue weighted by molar-refractivity contribution is 6.04. The van der Waals surface area contributed by atoms with Gasteiger partial charge in [-0.3, -0.25) is 9.48 Å². The zero-order valence-corrected chi connectivity index (χ0v) is 13.9. The molecule has 0 aliphatic heterocycles. The van der Waals surface area contributed by atoms with Gasteiger partial charge in [0.25, 0.3) is 5.91 Å². The van der Waals surface area contributed by atoms with Gasteiger partial charge in [0.15, 0.2) is 0 Å². The number of benzene rings is 2. The van der Waals surface area contributed by atoms with Gasteiger partial charge < -0.3 is 5.32 Å². The number of aromatic nitrogens is 2. The van der Waals surface area contributed by atoms with E-state index < -0.39 is 17.6 Å². The smallest absolute Gasteiger partial charge is 0.322 e. The Balaban J connectivity index is 1.65. The van der Waals surface area contributed by atoms with Crippen LogP contribution in [-0.4, -0.2) is 15.7 Å². The van der Waals surface area contributed by atoms with Gasteiger partial charge in [0, 0.05) is 23.1 Å². The maximum atomic E-state index is 12.6. The van der Waals surface area contributed by atoms with E-state index in [1.54, 1.807) is 18.3 Å². The summed E-state index contributed by atoms with van der Waals surface area (Å²) in [6.07, 6.45) is -2.69. The third-order valence-electron chi connectivity index (χ3n) is 3.95. The summed E-state index contributed by atoms with van der Waals surface area (Å²) in [6.45, 7) is 2.58. The molecule has 4 nitrogen and oxygen atoms in total. The molecule has 0 radical (unpaired) electrons. The van der Waals surface area contributed by atoms with Gasteiger partial charge in [-0.05, 0) is 55.0 Å². The van der Waals surface area contributed by atoms with E-state index in [9.17, 15) is 18.0 Å². The molecule has 0 fully saturated rings. The number of rotatable bonds is 4. The fourth-order valence-corrected chi connectivity index (χ4v) is 2.44. The van der Waals surface area contributed by atoms with Gasteiger partial charge in [-0.15, -0.1) is 0 Å². The average molecular weight is 359 g/mol. The lowest BCUT2D eigenvalue weighted by atomic mass is 10.1. The molecule has 1 aromatic heterocycles. The second-order valence-corrected chi connectivity index (χ2v) is 5.86. The molecule has 134 valence electrons. The molecule has 0 saturated heterocycles. The van der Waals surface area contributed by atoms with Gasteiger partial charge in [-0.1, -0.05) is 12.1 Å². The lowest BCUT2D eigenvalue weighted by molar-refractivity contribution is -0.137. The SMILES string of the molecule is Cc1ccnn1Cc1ccc(NC(=O)c2ccc(C(F)(F)F)cc2)cc1. The number of aryl methyl sites for hydroxylation is 1. The van der Waals surface area contributed by atoms with E-state index in [0.717, 1.165) is 35.5 Å². The number of carbonyl (C=O) groups excluding carboxylic acids is 1. The molecule has 1 N–H and O–H groups in total. The molecule has 0 bridgehead atoms. The maximum Gasteiger partial charge on any atom is 0.416 e. The molecular weight excluding hydrogens is 343 g/mol. The monoisotopic (exact) mass is 359 g/mol. The first-order valence-electron chi connectivity index (χ1n) is 7.89. The highest BCUT2D eigenvalue weighted by atomic mass is 19.4. The average Bonchev–Trinajstić information content (AvgIpc) is 3.01. The summed E-state index contributed by atoms with van der Waals surface area (Å²) in [7, 11) is 0. The van der Waals surface area contributed by atoms with Gasteiger partial charge >= 0.3 is 6.18 Å².